The van der Waals surface area contributed by atoms with E-state index in [-0.39, 0.29) is 24.9 Å². The number of benzene rings is 4. The first-order valence-electron chi connectivity index (χ1n) is 11.4. The number of ether oxygens (including phenoxy) is 2. The van der Waals surface area contributed by atoms with E-state index in [9.17, 15) is 14.7 Å². The summed E-state index contributed by atoms with van der Waals surface area (Å²) < 4.78 is 11.5. The molecule has 4 aromatic rings. The third kappa shape index (κ3) is 6.46. The average molecular weight is 470 g/mol. The summed E-state index contributed by atoms with van der Waals surface area (Å²) in [5, 5.41) is 15.2. The first kappa shape index (κ1) is 24.0. The van der Waals surface area contributed by atoms with E-state index in [1.54, 1.807) is 36.4 Å². The predicted octanol–water partition coefficient (Wildman–Crippen LogP) is 4.79. The summed E-state index contributed by atoms with van der Waals surface area (Å²) in [7, 11) is 0. The zero-order valence-corrected chi connectivity index (χ0v) is 19.4. The van der Waals surface area contributed by atoms with E-state index >= 15 is 0 Å². The fourth-order valence-corrected chi connectivity index (χ4v) is 3.60. The van der Waals surface area contributed by atoms with Crippen LogP contribution in [-0.2, 0) is 6.54 Å². The van der Waals surface area contributed by atoms with Crippen LogP contribution < -0.4 is 14.8 Å². The lowest BCUT2D eigenvalue weighted by Gasteiger charge is -2.17. The molecule has 6 nitrogen and oxygen atoms in total. The highest BCUT2D eigenvalue weighted by molar-refractivity contribution is 6.01. The van der Waals surface area contributed by atoms with Crippen LogP contribution in [0.25, 0.3) is 10.8 Å². The Morgan fingerprint density at radius 3 is 2.14 bits per heavy atom. The highest BCUT2D eigenvalue weighted by Gasteiger charge is 2.16. The molecule has 0 fully saturated rings. The molecule has 178 valence electrons. The summed E-state index contributed by atoms with van der Waals surface area (Å²) in [4.78, 5) is 24.4. The van der Waals surface area contributed by atoms with E-state index in [0.717, 1.165) is 16.3 Å². The van der Waals surface area contributed by atoms with Crippen LogP contribution in [0.4, 0.5) is 0 Å². The van der Waals surface area contributed by atoms with E-state index < -0.39 is 6.10 Å². The number of hydrogen-bond acceptors (Lipinski definition) is 5. The molecule has 2 N–H and O–H groups in total. The van der Waals surface area contributed by atoms with Crippen molar-refractivity contribution in [2.75, 3.05) is 13.2 Å². The van der Waals surface area contributed by atoms with Crippen molar-refractivity contribution in [3.63, 3.8) is 0 Å². The van der Waals surface area contributed by atoms with Gasteiger partial charge in [0.05, 0.1) is 5.56 Å². The third-order valence-electron chi connectivity index (χ3n) is 5.52. The van der Waals surface area contributed by atoms with E-state index in [1.807, 2.05) is 54.6 Å². The zero-order chi connectivity index (χ0) is 24.6. The van der Waals surface area contributed by atoms with Gasteiger partial charge in [-0.2, -0.15) is 0 Å². The van der Waals surface area contributed by atoms with Crippen LogP contribution in [0.1, 0.15) is 33.2 Å². The Morgan fingerprint density at radius 1 is 0.829 bits per heavy atom. The van der Waals surface area contributed by atoms with Crippen LogP contribution in [0.15, 0.2) is 91.0 Å². The molecular formula is C29H27NO5. The molecular weight excluding hydrogens is 442 g/mol. The van der Waals surface area contributed by atoms with Crippen LogP contribution >= 0.6 is 0 Å². The molecule has 4 aromatic carbocycles. The lowest BCUT2D eigenvalue weighted by molar-refractivity contribution is 0.0619. The second-order valence-electron chi connectivity index (χ2n) is 8.22. The number of ketones is 1. The van der Waals surface area contributed by atoms with Crippen LogP contribution in [0.3, 0.4) is 0 Å². The largest absolute Gasteiger partial charge is 0.491 e. The standard InChI is InChI=1S/C29H27NO5/c1-20(31)22-11-13-26(14-12-22)34-18-25(32)19-35-28-16-24-10-6-5-9-23(24)15-27(28)29(33)30-17-21-7-3-2-4-8-21/h2-16,25,32H,17-19H2,1H3,(H,30,33)/t25-/m0/s1. The quantitative estimate of drug-likeness (QED) is 0.326. The summed E-state index contributed by atoms with van der Waals surface area (Å²) in [6.45, 7) is 1.84. The van der Waals surface area contributed by atoms with Gasteiger partial charge in [-0.3, -0.25) is 9.59 Å². The molecule has 0 aliphatic heterocycles. The maximum Gasteiger partial charge on any atom is 0.255 e. The number of amides is 1. The Bertz CT molecular complexity index is 1300. The van der Waals surface area contributed by atoms with Crippen molar-refractivity contribution in [1.29, 1.82) is 0 Å². The number of Topliss-reactive ketones (excluding diaryl/α,β-unsaturated/α-hetero) is 1. The summed E-state index contributed by atoms with van der Waals surface area (Å²) in [5.74, 6) is 0.648. The fraction of sp³-hybridized carbons (Fsp3) is 0.172. The van der Waals surface area contributed by atoms with Gasteiger partial charge in [0.25, 0.3) is 5.91 Å². The van der Waals surface area contributed by atoms with Crippen LogP contribution in [-0.4, -0.2) is 36.1 Å². The monoisotopic (exact) mass is 469 g/mol. The van der Waals surface area contributed by atoms with Crippen LogP contribution in [0.2, 0.25) is 0 Å². The summed E-state index contributed by atoms with van der Waals surface area (Å²) >= 11 is 0. The molecule has 4 rings (SSSR count). The van der Waals surface area contributed by atoms with Gasteiger partial charge in [0.1, 0.15) is 30.8 Å². The van der Waals surface area contributed by atoms with E-state index in [1.165, 1.54) is 6.92 Å². The predicted molar refractivity (Wildman–Crippen MR) is 135 cm³/mol. The number of fused-ring (bicyclic) bond motifs is 1. The van der Waals surface area contributed by atoms with Gasteiger partial charge in [-0.05, 0) is 59.7 Å². The molecule has 0 unspecified atom stereocenters. The van der Waals surface area contributed by atoms with Gasteiger partial charge < -0.3 is 19.9 Å². The Labute approximate surface area is 204 Å². The minimum absolute atomic E-state index is 0.00252. The molecule has 0 aromatic heterocycles. The second kappa shape index (κ2) is 11.3. The van der Waals surface area contributed by atoms with Gasteiger partial charge in [-0.1, -0.05) is 54.6 Å². The molecule has 0 saturated carbocycles. The number of carbonyl (C=O) groups is 2. The minimum atomic E-state index is -0.922. The molecule has 35 heavy (non-hydrogen) atoms. The van der Waals surface area contributed by atoms with Crippen molar-refractivity contribution >= 4 is 22.5 Å². The zero-order valence-electron chi connectivity index (χ0n) is 19.4. The van der Waals surface area contributed by atoms with Crippen molar-refractivity contribution in [2.24, 2.45) is 0 Å². The SMILES string of the molecule is CC(=O)c1ccc(OC[C@H](O)COc2cc3ccccc3cc2C(=O)NCc2ccccc2)cc1. The maximum atomic E-state index is 13.0. The van der Waals surface area contributed by atoms with Crippen molar-refractivity contribution in [1.82, 2.24) is 5.32 Å². The summed E-state index contributed by atoms with van der Waals surface area (Å²) in [6, 6.07) is 27.7. The van der Waals surface area contributed by atoms with Gasteiger partial charge in [-0.25, -0.2) is 0 Å². The molecule has 0 aliphatic rings. The number of carbonyl (C=O) groups excluding carboxylic acids is 2. The molecule has 0 radical (unpaired) electrons. The molecule has 0 heterocycles. The molecule has 1 atom stereocenters. The molecule has 0 aliphatic carbocycles. The number of hydrogen-bond donors (Lipinski definition) is 2. The summed E-state index contributed by atoms with van der Waals surface area (Å²) in [5.41, 5.74) is 1.98. The Hall–Kier alpha value is -4.16. The van der Waals surface area contributed by atoms with E-state index in [2.05, 4.69) is 5.32 Å². The van der Waals surface area contributed by atoms with Crippen molar-refractivity contribution in [3.8, 4) is 11.5 Å². The van der Waals surface area contributed by atoms with Crippen LogP contribution in [0.5, 0.6) is 11.5 Å². The maximum absolute atomic E-state index is 13.0. The van der Waals surface area contributed by atoms with Gasteiger partial charge in [0, 0.05) is 12.1 Å². The normalized spacial score (nSPS) is 11.6. The van der Waals surface area contributed by atoms with Gasteiger partial charge in [0.2, 0.25) is 0 Å². The second-order valence-corrected chi connectivity index (χ2v) is 8.22. The van der Waals surface area contributed by atoms with Gasteiger partial charge >= 0.3 is 0 Å². The fourth-order valence-electron chi connectivity index (χ4n) is 3.60. The molecule has 0 bridgehead atoms. The number of aliphatic hydroxyl groups excluding tert-OH is 1. The highest BCUT2D eigenvalue weighted by Crippen LogP contribution is 2.26. The number of aliphatic hydroxyl groups is 1. The Morgan fingerprint density at radius 2 is 1.46 bits per heavy atom. The topological polar surface area (TPSA) is 84.9 Å². The highest BCUT2D eigenvalue weighted by atomic mass is 16.5. The first-order chi connectivity index (χ1) is 17.0. The lowest BCUT2D eigenvalue weighted by atomic mass is 10.0. The summed E-state index contributed by atoms with van der Waals surface area (Å²) in [6.07, 6.45) is -0.922. The Balaban J connectivity index is 1.42. The van der Waals surface area contributed by atoms with E-state index in [0.29, 0.717) is 29.2 Å². The molecule has 6 heteroatoms. The van der Waals surface area contributed by atoms with Gasteiger partial charge in [-0.15, -0.1) is 0 Å². The van der Waals surface area contributed by atoms with Gasteiger partial charge in [0.15, 0.2) is 5.78 Å². The van der Waals surface area contributed by atoms with Crippen molar-refractivity contribution < 1.29 is 24.2 Å². The number of rotatable bonds is 10. The first-order valence-corrected chi connectivity index (χ1v) is 11.4. The molecule has 0 spiro atoms. The third-order valence-corrected chi connectivity index (χ3v) is 5.52. The average Bonchev–Trinajstić information content (AvgIpc) is 2.89. The van der Waals surface area contributed by atoms with Crippen molar-refractivity contribution in [3.05, 3.63) is 108 Å². The Kier molecular flexibility index (Phi) is 7.75. The lowest BCUT2D eigenvalue weighted by Crippen LogP contribution is -2.27. The van der Waals surface area contributed by atoms with Crippen molar-refractivity contribution in [2.45, 2.75) is 19.6 Å². The number of nitrogens with one attached hydrogen (secondary N) is 1. The molecule has 0 saturated heterocycles. The van der Waals surface area contributed by atoms with Crippen LogP contribution in [0, 0.1) is 0 Å². The molecule has 1 amide bonds. The minimum Gasteiger partial charge on any atom is -0.491 e. The smallest absolute Gasteiger partial charge is 0.255 e. The van der Waals surface area contributed by atoms with E-state index in [4.69, 9.17) is 9.47 Å².